The van der Waals surface area contributed by atoms with Crippen molar-refractivity contribution in [1.29, 1.82) is 0 Å². The van der Waals surface area contributed by atoms with Crippen LogP contribution in [0.1, 0.15) is 30.0 Å². The van der Waals surface area contributed by atoms with E-state index < -0.39 is 0 Å². The zero-order chi connectivity index (χ0) is 14.8. The zero-order valence-electron chi connectivity index (χ0n) is 11.8. The van der Waals surface area contributed by atoms with E-state index in [9.17, 15) is 4.39 Å². The zero-order valence-corrected chi connectivity index (χ0v) is 12.5. The van der Waals surface area contributed by atoms with E-state index in [1.165, 1.54) is 6.07 Å². The summed E-state index contributed by atoms with van der Waals surface area (Å²) < 4.78 is 19.8. The van der Waals surface area contributed by atoms with Crippen LogP contribution >= 0.6 is 11.6 Å². The Bertz CT molecular complexity index is 605. The first kappa shape index (κ1) is 14.4. The number of hydrogen-bond acceptors (Lipinski definition) is 2. The fourth-order valence-corrected chi connectivity index (χ4v) is 2.65. The summed E-state index contributed by atoms with van der Waals surface area (Å²) in [6, 6.07) is 12.2. The van der Waals surface area contributed by atoms with E-state index in [4.69, 9.17) is 16.3 Å². The maximum absolute atomic E-state index is 14.1. The Morgan fingerprint density at radius 1 is 1.19 bits per heavy atom. The maximum Gasteiger partial charge on any atom is 0.129 e. The van der Waals surface area contributed by atoms with Crippen molar-refractivity contribution in [2.45, 2.75) is 25.0 Å². The molecule has 1 unspecified atom stereocenters. The molecular formula is C17H17ClFNO. The number of nitrogens with one attached hydrogen (secondary N) is 1. The Labute approximate surface area is 128 Å². The predicted octanol–water partition coefficient (Wildman–Crippen LogP) is 4.33. The van der Waals surface area contributed by atoms with Gasteiger partial charge in [-0.25, -0.2) is 4.39 Å². The molecule has 0 spiro atoms. The van der Waals surface area contributed by atoms with Crippen LogP contribution in [0.3, 0.4) is 0 Å². The van der Waals surface area contributed by atoms with Gasteiger partial charge in [-0.2, -0.15) is 0 Å². The van der Waals surface area contributed by atoms with Crippen LogP contribution in [-0.4, -0.2) is 13.2 Å². The average molecular weight is 306 g/mol. The van der Waals surface area contributed by atoms with E-state index in [1.807, 2.05) is 24.3 Å². The SMILES string of the molecule is CNC(c1ccc(OC2CC2)cc1)c1c(F)cccc1Cl. The highest BCUT2D eigenvalue weighted by atomic mass is 35.5. The van der Waals surface area contributed by atoms with Crippen LogP contribution in [0.2, 0.25) is 5.02 Å². The molecule has 0 aliphatic heterocycles. The molecule has 4 heteroatoms. The fraction of sp³-hybridized carbons (Fsp3) is 0.294. The normalized spacial score (nSPS) is 15.8. The number of rotatable bonds is 5. The predicted molar refractivity (Wildman–Crippen MR) is 82.4 cm³/mol. The summed E-state index contributed by atoms with van der Waals surface area (Å²) in [6.45, 7) is 0. The van der Waals surface area contributed by atoms with Gasteiger partial charge in [-0.05, 0) is 49.7 Å². The maximum atomic E-state index is 14.1. The molecule has 21 heavy (non-hydrogen) atoms. The van der Waals surface area contributed by atoms with Gasteiger partial charge in [0, 0.05) is 10.6 Å². The number of ether oxygens (including phenoxy) is 1. The summed E-state index contributed by atoms with van der Waals surface area (Å²) in [5, 5.41) is 3.55. The molecule has 2 nitrogen and oxygen atoms in total. The highest BCUT2D eigenvalue weighted by Gasteiger charge is 2.24. The lowest BCUT2D eigenvalue weighted by Crippen LogP contribution is -2.19. The highest BCUT2D eigenvalue weighted by molar-refractivity contribution is 6.31. The summed E-state index contributed by atoms with van der Waals surface area (Å²) in [5.74, 6) is 0.552. The second kappa shape index (κ2) is 6.04. The van der Waals surface area contributed by atoms with Gasteiger partial charge in [-0.1, -0.05) is 29.8 Å². The van der Waals surface area contributed by atoms with Gasteiger partial charge in [0.05, 0.1) is 12.1 Å². The molecule has 1 N–H and O–H groups in total. The molecule has 0 aromatic heterocycles. The van der Waals surface area contributed by atoms with Crippen molar-refractivity contribution in [1.82, 2.24) is 5.32 Å². The molecule has 2 aromatic carbocycles. The van der Waals surface area contributed by atoms with E-state index in [0.29, 0.717) is 16.7 Å². The Kier molecular flexibility index (Phi) is 4.13. The molecule has 0 radical (unpaired) electrons. The van der Waals surface area contributed by atoms with Crippen LogP contribution in [0.4, 0.5) is 4.39 Å². The molecule has 1 aliphatic rings. The second-order valence-electron chi connectivity index (χ2n) is 5.24. The molecule has 1 saturated carbocycles. The van der Waals surface area contributed by atoms with E-state index in [2.05, 4.69) is 5.32 Å². The van der Waals surface area contributed by atoms with Crippen molar-refractivity contribution in [3.05, 3.63) is 64.4 Å². The minimum Gasteiger partial charge on any atom is -0.490 e. The van der Waals surface area contributed by atoms with Gasteiger partial charge in [0.1, 0.15) is 11.6 Å². The number of benzene rings is 2. The van der Waals surface area contributed by atoms with Crippen molar-refractivity contribution in [3.63, 3.8) is 0 Å². The van der Waals surface area contributed by atoms with Crippen LogP contribution in [0, 0.1) is 5.82 Å². The Balaban J connectivity index is 1.88. The van der Waals surface area contributed by atoms with Crippen molar-refractivity contribution >= 4 is 11.6 Å². The van der Waals surface area contributed by atoms with Crippen LogP contribution in [0.15, 0.2) is 42.5 Å². The summed E-state index contributed by atoms with van der Waals surface area (Å²) in [4.78, 5) is 0. The van der Waals surface area contributed by atoms with E-state index in [-0.39, 0.29) is 11.9 Å². The van der Waals surface area contributed by atoms with Crippen LogP contribution in [0.5, 0.6) is 5.75 Å². The van der Waals surface area contributed by atoms with Gasteiger partial charge in [0.25, 0.3) is 0 Å². The second-order valence-corrected chi connectivity index (χ2v) is 5.65. The summed E-state index contributed by atoms with van der Waals surface area (Å²) in [5.41, 5.74) is 1.42. The monoisotopic (exact) mass is 305 g/mol. The van der Waals surface area contributed by atoms with Gasteiger partial charge in [0.15, 0.2) is 0 Å². The van der Waals surface area contributed by atoms with Gasteiger partial charge in [-0.3, -0.25) is 0 Å². The molecule has 2 aromatic rings. The van der Waals surface area contributed by atoms with E-state index in [0.717, 1.165) is 24.2 Å². The molecule has 0 heterocycles. The van der Waals surface area contributed by atoms with Crippen molar-refractivity contribution in [3.8, 4) is 5.75 Å². The molecular weight excluding hydrogens is 289 g/mol. The quantitative estimate of drug-likeness (QED) is 0.888. The minimum atomic E-state index is -0.305. The topological polar surface area (TPSA) is 21.3 Å². The highest BCUT2D eigenvalue weighted by Crippen LogP contribution is 2.32. The molecule has 1 aliphatic carbocycles. The first-order valence-corrected chi connectivity index (χ1v) is 7.44. The van der Waals surface area contributed by atoms with Crippen LogP contribution in [0.25, 0.3) is 0 Å². The van der Waals surface area contributed by atoms with Gasteiger partial charge >= 0.3 is 0 Å². The van der Waals surface area contributed by atoms with Crippen molar-refractivity contribution in [2.24, 2.45) is 0 Å². The lowest BCUT2D eigenvalue weighted by Gasteiger charge is -2.19. The smallest absolute Gasteiger partial charge is 0.129 e. The molecule has 1 fully saturated rings. The van der Waals surface area contributed by atoms with Crippen LogP contribution < -0.4 is 10.1 Å². The summed E-state index contributed by atoms with van der Waals surface area (Å²) in [6.07, 6.45) is 2.63. The van der Waals surface area contributed by atoms with Crippen LogP contribution in [-0.2, 0) is 0 Å². The largest absolute Gasteiger partial charge is 0.490 e. The van der Waals surface area contributed by atoms with Gasteiger partial charge in [0.2, 0.25) is 0 Å². The third-order valence-corrected chi connectivity index (χ3v) is 3.95. The molecule has 0 amide bonds. The Morgan fingerprint density at radius 3 is 2.48 bits per heavy atom. The van der Waals surface area contributed by atoms with E-state index >= 15 is 0 Å². The standard InChI is InChI=1S/C17H17ClFNO/c1-20-17(16-14(18)3-2-4-15(16)19)11-5-7-12(8-6-11)21-13-9-10-13/h2-8,13,17,20H,9-10H2,1H3. The van der Waals surface area contributed by atoms with Gasteiger partial charge < -0.3 is 10.1 Å². The van der Waals surface area contributed by atoms with Gasteiger partial charge in [-0.15, -0.1) is 0 Å². The molecule has 0 bridgehead atoms. The fourth-order valence-electron chi connectivity index (χ4n) is 2.38. The first-order valence-electron chi connectivity index (χ1n) is 7.07. The lowest BCUT2D eigenvalue weighted by molar-refractivity contribution is 0.303. The van der Waals surface area contributed by atoms with Crippen molar-refractivity contribution in [2.75, 3.05) is 7.05 Å². The lowest BCUT2D eigenvalue weighted by atomic mass is 9.98. The van der Waals surface area contributed by atoms with Crippen molar-refractivity contribution < 1.29 is 9.13 Å². The third-order valence-electron chi connectivity index (χ3n) is 3.62. The summed E-state index contributed by atoms with van der Waals surface area (Å²) in [7, 11) is 1.79. The minimum absolute atomic E-state index is 0.284. The summed E-state index contributed by atoms with van der Waals surface area (Å²) >= 11 is 6.16. The first-order chi connectivity index (χ1) is 10.2. The average Bonchev–Trinajstić information content (AvgIpc) is 3.28. The molecule has 110 valence electrons. The molecule has 1 atom stereocenters. The Hall–Kier alpha value is -1.58. The number of hydrogen-bond donors (Lipinski definition) is 1. The Morgan fingerprint density at radius 2 is 1.90 bits per heavy atom. The number of halogens is 2. The molecule has 3 rings (SSSR count). The molecule has 0 saturated heterocycles. The third kappa shape index (κ3) is 3.20. The van der Waals surface area contributed by atoms with E-state index in [1.54, 1.807) is 19.2 Å².